The molecule has 10 heteroatoms. The third-order valence-electron chi connectivity index (χ3n) is 3.15. The molecule has 2 N–H and O–H groups in total. The maximum Gasteiger partial charge on any atom is 0.419 e. The van der Waals surface area contributed by atoms with Gasteiger partial charge in [-0.1, -0.05) is 0 Å². The van der Waals surface area contributed by atoms with E-state index in [4.69, 9.17) is 11.6 Å². The van der Waals surface area contributed by atoms with E-state index in [-0.39, 0.29) is 18.0 Å². The van der Waals surface area contributed by atoms with Crippen molar-refractivity contribution in [1.29, 1.82) is 0 Å². The van der Waals surface area contributed by atoms with Crippen LogP contribution in [0.2, 0.25) is 0 Å². The van der Waals surface area contributed by atoms with Crippen molar-refractivity contribution in [2.45, 2.75) is 18.6 Å². The van der Waals surface area contributed by atoms with Gasteiger partial charge >= 0.3 is 12.2 Å². The number of nitrogens with one attached hydrogen (secondary N) is 2. The molecule has 0 spiro atoms. The number of amides is 2. The Morgan fingerprint density at radius 1 is 1.41 bits per heavy atom. The van der Waals surface area contributed by atoms with Gasteiger partial charge in [-0.25, -0.2) is 14.8 Å². The van der Waals surface area contributed by atoms with E-state index in [2.05, 4.69) is 20.6 Å². The summed E-state index contributed by atoms with van der Waals surface area (Å²) < 4.78 is 37.3. The Kier molecular flexibility index (Phi) is 5.28. The minimum atomic E-state index is -4.45. The van der Waals surface area contributed by atoms with Gasteiger partial charge in [-0.2, -0.15) is 13.2 Å². The van der Waals surface area contributed by atoms with Crippen molar-refractivity contribution in [3.63, 3.8) is 0 Å². The number of carbonyl (C=O) groups is 1. The SMILES string of the molecule is O=C(NCCCl)NC1CCN(c2ncc(C(F)(F)F)cn2)C1. The molecular formula is C12H15ClF3N5O. The molecule has 0 saturated carbocycles. The van der Waals surface area contributed by atoms with Gasteiger partial charge < -0.3 is 15.5 Å². The van der Waals surface area contributed by atoms with Crippen molar-refractivity contribution < 1.29 is 18.0 Å². The molecule has 122 valence electrons. The van der Waals surface area contributed by atoms with Crippen molar-refractivity contribution in [3.05, 3.63) is 18.0 Å². The number of aromatic nitrogens is 2. The van der Waals surface area contributed by atoms with Crippen LogP contribution in [0.1, 0.15) is 12.0 Å². The van der Waals surface area contributed by atoms with Gasteiger partial charge in [0.2, 0.25) is 5.95 Å². The zero-order valence-electron chi connectivity index (χ0n) is 11.5. The lowest BCUT2D eigenvalue weighted by atomic mass is 10.3. The fourth-order valence-electron chi connectivity index (χ4n) is 2.09. The number of carbonyl (C=O) groups excluding carboxylic acids is 1. The summed E-state index contributed by atoms with van der Waals surface area (Å²) in [6.45, 7) is 1.37. The Morgan fingerprint density at radius 3 is 2.68 bits per heavy atom. The van der Waals surface area contributed by atoms with Gasteiger partial charge in [-0.3, -0.25) is 0 Å². The van der Waals surface area contributed by atoms with Crippen LogP contribution < -0.4 is 15.5 Å². The normalized spacial score (nSPS) is 18.4. The number of anilines is 1. The summed E-state index contributed by atoms with van der Waals surface area (Å²) in [6, 6.07) is -0.429. The Hall–Kier alpha value is -1.77. The van der Waals surface area contributed by atoms with E-state index in [0.29, 0.717) is 31.9 Å². The lowest BCUT2D eigenvalue weighted by Gasteiger charge is -2.17. The van der Waals surface area contributed by atoms with Crippen LogP contribution in [0.25, 0.3) is 0 Å². The highest BCUT2D eigenvalue weighted by molar-refractivity contribution is 6.18. The first-order chi connectivity index (χ1) is 10.4. The summed E-state index contributed by atoms with van der Waals surface area (Å²) in [5, 5.41) is 5.34. The molecule has 0 radical (unpaired) electrons. The maximum atomic E-state index is 12.4. The Balaban J connectivity index is 1.89. The highest BCUT2D eigenvalue weighted by Crippen LogP contribution is 2.28. The second-order valence-corrected chi connectivity index (χ2v) is 5.17. The van der Waals surface area contributed by atoms with E-state index in [0.717, 1.165) is 12.4 Å². The average molecular weight is 338 g/mol. The molecule has 1 aliphatic heterocycles. The van der Waals surface area contributed by atoms with Gasteiger partial charge in [0.1, 0.15) is 0 Å². The maximum absolute atomic E-state index is 12.4. The Labute approximate surface area is 130 Å². The fraction of sp³-hybridized carbons (Fsp3) is 0.583. The molecule has 1 saturated heterocycles. The van der Waals surface area contributed by atoms with Crippen molar-refractivity contribution in [2.75, 3.05) is 30.4 Å². The number of hydrogen-bond donors (Lipinski definition) is 2. The van der Waals surface area contributed by atoms with Crippen LogP contribution in [0, 0.1) is 0 Å². The quantitative estimate of drug-likeness (QED) is 0.819. The summed E-state index contributed by atoms with van der Waals surface area (Å²) in [5.74, 6) is 0.544. The van der Waals surface area contributed by atoms with E-state index in [1.807, 2.05) is 0 Å². The highest BCUT2D eigenvalue weighted by Gasteiger charge is 2.32. The van der Waals surface area contributed by atoms with Crippen LogP contribution in [0.15, 0.2) is 12.4 Å². The van der Waals surface area contributed by atoms with Crippen LogP contribution >= 0.6 is 11.6 Å². The molecule has 6 nitrogen and oxygen atoms in total. The molecule has 2 rings (SSSR count). The molecule has 1 atom stereocenters. The van der Waals surface area contributed by atoms with Gasteiger partial charge in [-0.05, 0) is 6.42 Å². The van der Waals surface area contributed by atoms with Gasteiger partial charge in [0.05, 0.1) is 5.56 Å². The average Bonchev–Trinajstić information content (AvgIpc) is 2.93. The molecule has 22 heavy (non-hydrogen) atoms. The molecule has 1 unspecified atom stereocenters. The molecule has 0 aromatic carbocycles. The molecule has 1 aliphatic rings. The van der Waals surface area contributed by atoms with Crippen LogP contribution in [-0.2, 0) is 6.18 Å². The number of alkyl halides is 4. The van der Waals surface area contributed by atoms with E-state index in [1.54, 1.807) is 4.90 Å². The molecule has 1 fully saturated rings. The van der Waals surface area contributed by atoms with Crippen molar-refractivity contribution in [3.8, 4) is 0 Å². The smallest absolute Gasteiger partial charge is 0.339 e. The largest absolute Gasteiger partial charge is 0.419 e. The first kappa shape index (κ1) is 16.6. The second kappa shape index (κ2) is 6.99. The molecule has 0 bridgehead atoms. The summed E-state index contributed by atoms with van der Waals surface area (Å²) in [4.78, 5) is 20.7. The van der Waals surface area contributed by atoms with Gasteiger partial charge in [0, 0.05) is 43.9 Å². The molecule has 2 amide bonds. The zero-order valence-corrected chi connectivity index (χ0v) is 12.3. The van der Waals surface area contributed by atoms with Crippen LogP contribution in [0.4, 0.5) is 23.9 Å². The van der Waals surface area contributed by atoms with Gasteiger partial charge in [0.15, 0.2) is 0 Å². The number of halogens is 4. The summed E-state index contributed by atoms with van der Waals surface area (Å²) in [5.41, 5.74) is -0.884. The Bertz CT molecular complexity index is 510. The molecule has 1 aromatic heterocycles. The number of hydrogen-bond acceptors (Lipinski definition) is 4. The number of urea groups is 1. The van der Waals surface area contributed by atoms with Crippen LogP contribution in [-0.4, -0.2) is 47.6 Å². The molecule has 0 aliphatic carbocycles. The van der Waals surface area contributed by atoms with E-state index in [9.17, 15) is 18.0 Å². The zero-order chi connectivity index (χ0) is 16.2. The van der Waals surface area contributed by atoms with Crippen molar-refractivity contribution in [2.24, 2.45) is 0 Å². The van der Waals surface area contributed by atoms with E-state index >= 15 is 0 Å². The van der Waals surface area contributed by atoms with Gasteiger partial charge in [0.25, 0.3) is 0 Å². The molecule has 1 aromatic rings. The number of rotatable bonds is 4. The third kappa shape index (κ3) is 4.36. The monoisotopic (exact) mass is 337 g/mol. The second-order valence-electron chi connectivity index (χ2n) is 4.79. The van der Waals surface area contributed by atoms with Gasteiger partial charge in [-0.15, -0.1) is 11.6 Å². The summed E-state index contributed by atoms with van der Waals surface area (Å²) in [7, 11) is 0. The van der Waals surface area contributed by atoms with Crippen molar-refractivity contribution in [1.82, 2.24) is 20.6 Å². The van der Waals surface area contributed by atoms with E-state index < -0.39 is 11.7 Å². The minimum absolute atomic E-state index is 0.110. The van der Waals surface area contributed by atoms with Crippen LogP contribution in [0.5, 0.6) is 0 Å². The predicted octanol–water partition coefficient (Wildman–Crippen LogP) is 1.61. The first-order valence-electron chi connectivity index (χ1n) is 6.64. The standard InChI is InChI=1S/C12H15ClF3N5O/c13-2-3-17-11(22)20-9-1-4-21(7-9)10-18-5-8(6-19-10)12(14,15)16/h5-6,9H,1-4,7H2,(H2,17,20,22). The van der Waals surface area contributed by atoms with Crippen LogP contribution in [0.3, 0.4) is 0 Å². The highest BCUT2D eigenvalue weighted by atomic mass is 35.5. The summed E-state index contributed by atoms with van der Waals surface area (Å²) in [6.07, 6.45) is -2.26. The number of nitrogens with zero attached hydrogens (tertiary/aromatic N) is 3. The molecular weight excluding hydrogens is 323 g/mol. The first-order valence-corrected chi connectivity index (χ1v) is 7.18. The predicted molar refractivity (Wildman–Crippen MR) is 74.9 cm³/mol. The third-order valence-corrected chi connectivity index (χ3v) is 3.34. The lowest BCUT2D eigenvalue weighted by molar-refractivity contribution is -0.138. The fourth-order valence-corrected chi connectivity index (χ4v) is 2.18. The lowest BCUT2D eigenvalue weighted by Crippen LogP contribution is -2.44. The van der Waals surface area contributed by atoms with E-state index in [1.165, 1.54) is 0 Å². The minimum Gasteiger partial charge on any atom is -0.339 e. The Morgan fingerprint density at radius 2 is 2.09 bits per heavy atom. The molecule has 2 heterocycles. The summed E-state index contributed by atoms with van der Waals surface area (Å²) >= 11 is 5.46. The topological polar surface area (TPSA) is 70.2 Å². The van der Waals surface area contributed by atoms with Crippen molar-refractivity contribution >= 4 is 23.6 Å².